The monoisotopic (exact) mass is 380 g/mol. The minimum atomic E-state index is -0.506. The number of anilines is 1. The van der Waals surface area contributed by atoms with Crippen LogP contribution in [0.3, 0.4) is 0 Å². The molecule has 0 saturated carbocycles. The number of rotatable bonds is 4. The third kappa shape index (κ3) is 3.75. The van der Waals surface area contributed by atoms with Crippen LogP contribution in [0.4, 0.5) is 9.52 Å². The first-order chi connectivity index (χ1) is 11.5. The van der Waals surface area contributed by atoms with Gasteiger partial charge in [-0.25, -0.2) is 9.37 Å². The summed E-state index contributed by atoms with van der Waals surface area (Å²) >= 11 is 13.3. The minimum Gasteiger partial charge on any atom is -0.302 e. The van der Waals surface area contributed by atoms with E-state index in [1.807, 2.05) is 18.2 Å². The smallest absolute Gasteiger partial charge is 0.230 e. The van der Waals surface area contributed by atoms with Gasteiger partial charge in [-0.15, -0.1) is 11.3 Å². The number of hydrogen-bond acceptors (Lipinski definition) is 3. The Balaban J connectivity index is 1.73. The van der Waals surface area contributed by atoms with E-state index in [1.54, 1.807) is 17.5 Å². The number of nitrogens with one attached hydrogen (secondary N) is 1. The fraction of sp³-hybridized carbons (Fsp3) is 0.0588. The van der Waals surface area contributed by atoms with Crippen LogP contribution in [0.1, 0.15) is 5.56 Å². The van der Waals surface area contributed by atoms with Crippen molar-refractivity contribution in [1.29, 1.82) is 0 Å². The SMILES string of the molecule is O=C(Cc1c(F)cccc1Cl)Nc1nc(-c2ccccc2Cl)cs1. The lowest BCUT2D eigenvalue weighted by atomic mass is 10.1. The summed E-state index contributed by atoms with van der Waals surface area (Å²) < 4.78 is 13.7. The van der Waals surface area contributed by atoms with E-state index in [2.05, 4.69) is 10.3 Å². The summed E-state index contributed by atoms with van der Waals surface area (Å²) in [4.78, 5) is 16.4. The second kappa shape index (κ2) is 7.30. The van der Waals surface area contributed by atoms with Gasteiger partial charge in [-0.1, -0.05) is 47.5 Å². The Morgan fingerprint density at radius 3 is 2.62 bits per heavy atom. The molecule has 0 atom stereocenters. The number of carbonyl (C=O) groups is 1. The Morgan fingerprint density at radius 1 is 1.12 bits per heavy atom. The largest absolute Gasteiger partial charge is 0.302 e. The Morgan fingerprint density at radius 2 is 1.88 bits per heavy atom. The van der Waals surface area contributed by atoms with Crippen molar-refractivity contribution in [3.63, 3.8) is 0 Å². The zero-order valence-electron chi connectivity index (χ0n) is 12.2. The van der Waals surface area contributed by atoms with Crippen molar-refractivity contribution in [2.75, 3.05) is 5.32 Å². The van der Waals surface area contributed by atoms with Gasteiger partial charge in [0.15, 0.2) is 5.13 Å². The van der Waals surface area contributed by atoms with Gasteiger partial charge in [0.1, 0.15) is 5.82 Å². The number of thiazole rings is 1. The predicted molar refractivity (Wildman–Crippen MR) is 96.3 cm³/mol. The normalized spacial score (nSPS) is 10.6. The Bertz CT molecular complexity index is 878. The summed E-state index contributed by atoms with van der Waals surface area (Å²) in [7, 11) is 0. The van der Waals surface area contributed by atoms with Gasteiger partial charge in [0, 0.05) is 26.6 Å². The van der Waals surface area contributed by atoms with E-state index in [0.29, 0.717) is 15.8 Å². The zero-order valence-corrected chi connectivity index (χ0v) is 14.6. The predicted octanol–water partition coefficient (Wildman–Crippen LogP) is 5.44. The van der Waals surface area contributed by atoms with Crippen LogP contribution in [-0.2, 0) is 11.2 Å². The maximum Gasteiger partial charge on any atom is 0.230 e. The standard InChI is InChI=1S/C17H11Cl2FN2OS/c18-12-5-2-1-4-10(12)15-9-24-17(21-15)22-16(23)8-11-13(19)6-3-7-14(11)20/h1-7,9H,8H2,(H,21,22,23). The van der Waals surface area contributed by atoms with E-state index in [0.717, 1.165) is 5.56 Å². The summed E-state index contributed by atoms with van der Waals surface area (Å²) in [5.41, 5.74) is 1.62. The molecule has 3 rings (SSSR count). The Labute approximate surface area is 152 Å². The molecular weight excluding hydrogens is 370 g/mol. The van der Waals surface area contributed by atoms with Crippen molar-refractivity contribution in [3.05, 3.63) is 69.3 Å². The molecule has 1 aromatic heterocycles. The second-order valence-corrected chi connectivity index (χ2v) is 6.62. The molecule has 3 nitrogen and oxygen atoms in total. The van der Waals surface area contributed by atoms with E-state index in [1.165, 1.54) is 23.5 Å². The molecule has 0 aliphatic rings. The van der Waals surface area contributed by atoms with Gasteiger partial charge in [0.2, 0.25) is 5.91 Å². The van der Waals surface area contributed by atoms with Crippen LogP contribution < -0.4 is 5.32 Å². The molecule has 2 aromatic carbocycles. The number of nitrogens with zero attached hydrogens (tertiary/aromatic N) is 1. The van der Waals surface area contributed by atoms with Crippen LogP contribution in [0.25, 0.3) is 11.3 Å². The third-order valence-corrected chi connectivity index (χ3v) is 4.74. The summed E-state index contributed by atoms with van der Waals surface area (Å²) in [6, 6.07) is 11.6. The van der Waals surface area contributed by atoms with Gasteiger partial charge in [-0.2, -0.15) is 0 Å². The first kappa shape index (κ1) is 16.9. The number of halogens is 3. The van der Waals surface area contributed by atoms with Crippen LogP contribution in [0.5, 0.6) is 0 Å². The first-order valence-electron chi connectivity index (χ1n) is 6.98. The third-order valence-electron chi connectivity index (χ3n) is 3.30. The Kier molecular flexibility index (Phi) is 5.14. The van der Waals surface area contributed by atoms with E-state index < -0.39 is 5.82 Å². The highest BCUT2D eigenvalue weighted by molar-refractivity contribution is 7.14. The molecule has 0 radical (unpaired) electrons. The second-order valence-electron chi connectivity index (χ2n) is 4.94. The van der Waals surface area contributed by atoms with Gasteiger partial charge in [-0.3, -0.25) is 4.79 Å². The first-order valence-corrected chi connectivity index (χ1v) is 8.61. The van der Waals surface area contributed by atoms with Gasteiger partial charge in [0.05, 0.1) is 12.1 Å². The highest BCUT2D eigenvalue weighted by atomic mass is 35.5. The zero-order chi connectivity index (χ0) is 17.1. The molecule has 1 heterocycles. The number of hydrogen-bond donors (Lipinski definition) is 1. The van der Waals surface area contributed by atoms with Crippen molar-refractivity contribution < 1.29 is 9.18 Å². The van der Waals surface area contributed by atoms with Gasteiger partial charge >= 0.3 is 0 Å². The summed E-state index contributed by atoms with van der Waals surface area (Å²) in [6.07, 6.45) is -0.160. The lowest BCUT2D eigenvalue weighted by Crippen LogP contribution is -2.15. The fourth-order valence-electron chi connectivity index (χ4n) is 2.15. The van der Waals surface area contributed by atoms with E-state index >= 15 is 0 Å². The highest BCUT2D eigenvalue weighted by Crippen LogP contribution is 2.30. The van der Waals surface area contributed by atoms with Crippen molar-refractivity contribution in [3.8, 4) is 11.3 Å². The molecule has 0 aliphatic carbocycles. The number of aromatic nitrogens is 1. The quantitative estimate of drug-likeness (QED) is 0.654. The molecule has 0 aliphatic heterocycles. The van der Waals surface area contributed by atoms with Gasteiger partial charge < -0.3 is 5.32 Å². The van der Waals surface area contributed by atoms with Crippen LogP contribution in [0.2, 0.25) is 10.0 Å². The van der Waals surface area contributed by atoms with E-state index in [4.69, 9.17) is 23.2 Å². The molecule has 0 bridgehead atoms. The van der Waals surface area contributed by atoms with Gasteiger partial charge in [0.25, 0.3) is 0 Å². The Hall–Kier alpha value is -1.95. The van der Waals surface area contributed by atoms with Crippen molar-refractivity contribution in [2.45, 2.75) is 6.42 Å². The van der Waals surface area contributed by atoms with Crippen molar-refractivity contribution in [1.82, 2.24) is 4.98 Å². The molecule has 24 heavy (non-hydrogen) atoms. The molecule has 1 N–H and O–H groups in total. The highest BCUT2D eigenvalue weighted by Gasteiger charge is 2.14. The van der Waals surface area contributed by atoms with Crippen molar-refractivity contribution in [2.24, 2.45) is 0 Å². The lowest BCUT2D eigenvalue weighted by Gasteiger charge is -2.05. The van der Waals surface area contributed by atoms with E-state index in [9.17, 15) is 9.18 Å². The van der Waals surface area contributed by atoms with E-state index in [-0.39, 0.29) is 22.9 Å². The van der Waals surface area contributed by atoms with Crippen LogP contribution >= 0.6 is 34.5 Å². The summed E-state index contributed by atoms with van der Waals surface area (Å²) in [5.74, 6) is -0.893. The van der Waals surface area contributed by atoms with Crippen LogP contribution in [0, 0.1) is 5.82 Å². The molecule has 0 saturated heterocycles. The molecule has 0 unspecified atom stereocenters. The number of benzene rings is 2. The summed E-state index contributed by atoms with van der Waals surface area (Å²) in [6.45, 7) is 0. The molecule has 0 spiro atoms. The molecule has 3 aromatic rings. The average molecular weight is 381 g/mol. The minimum absolute atomic E-state index is 0.160. The molecular formula is C17H11Cl2FN2OS. The molecule has 0 fully saturated rings. The maximum atomic E-state index is 13.7. The van der Waals surface area contributed by atoms with Crippen LogP contribution in [-0.4, -0.2) is 10.9 Å². The maximum absolute atomic E-state index is 13.7. The fourth-order valence-corrected chi connectivity index (χ4v) is 3.34. The topological polar surface area (TPSA) is 42.0 Å². The molecule has 7 heteroatoms. The number of carbonyl (C=O) groups excluding carboxylic acids is 1. The van der Waals surface area contributed by atoms with Gasteiger partial charge in [-0.05, 0) is 18.2 Å². The number of amides is 1. The van der Waals surface area contributed by atoms with Crippen LogP contribution in [0.15, 0.2) is 47.8 Å². The lowest BCUT2D eigenvalue weighted by molar-refractivity contribution is -0.115. The van der Waals surface area contributed by atoms with Crippen molar-refractivity contribution >= 4 is 45.6 Å². The average Bonchev–Trinajstić information content (AvgIpc) is 3.00. The molecule has 1 amide bonds. The summed E-state index contributed by atoms with van der Waals surface area (Å²) in [5, 5.41) is 5.68. The molecule has 122 valence electrons.